The number of benzene rings is 2. The normalized spacial score (nSPS) is 17.3. The number of hydrogen-bond donors (Lipinski definition) is 3. The molecule has 33 heavy (non-hydrogen) atoms. The summed E-state index contributed by atoms with van der Waals surface area (Å²) in [5.74, 6) is 1.32. The molecule has 0 spiro atoms. The van der Waals surface area contributed by atoms with Crippen LogP contribution in [0.5, 0.6) is 11.5 Å². The molecular formula is C26H33N3O4. The maximum Gasteiger partial charge on any atom is 0.319 e. The summed E-state index contributed by atoms with van der Waals surface area (Å²) in [5, 5.41) is 8.76. The van der Waals surface area contributed by atoms with E-state index < -0.39 is 12.1 Å². The number of carbonyl (C=O) groups is 2. The maximum atomic E-state index is 13.1. The lowest BCUT2D eigenvalue weighted by molar-refractivity contribution is -0.124. The fraction of sp³-hybridized carbons (Fsp3) is 0.462. The Bertz CT molecular complexity index is 971. The molecule has 2 aromatic rings. The highest BCUT2D eigenvalue weighted by Gasteiger charge is 2.37. The summed E-state index contributed by atoms with van der Waals surface area (Å²) in [6, 6.07) is 14.3. The molecule has 1 atom stereocenters. The van der Waals surface area contributed by atoms with Crippen LogP contribution in [0.15, 0.2) is 48.5 Å². The predicted octanol–water partition coefficient (Wildman–Crippen LogP) is 4.23. The van der Waals surface area contributed by atoms with Crippen LogP contribution in [0.2, 0.25) is 0 Å². The Kier molecular flexibility index (Phi) is 7.06. The van der Waals surface area contributed by atoms with Crippen molar-refractivity contribution >= 4 is 17.6 Å². The van der Waals surface area contributed by atoms with Crippen molar-refractivity contribution < 1.29 is 19.1 Å². The Hall–Kier alpha value is -3.22. The summed E-state index contributed by atoms with van der Waals surface area (Å²) in [4.78, 5) is 25.6. The molecule has 0 saturated heterocycles. The van der Waals surface area contributed by atoms with Crippen LogP contribution in [0.1, 0.15) is 45.1 Å². The highest BCUT2D eigenvalue weighted by atomic mass is 16.6. The zero-order valence-electron chi connectivity index (χ0n) is 19.4. The van der Waals surface area contributed by atoms with E-state index in [1.165, 1.54) is 5.56 Å². The summed E-state index contributed by atoms with van der Waals surface area (Å²) in [6.45, 7) is 5.50. The van der Waals surface area contributed by atoms with E-state index in [9.17, 15) is 9.59 Å². The van der Waals surface area contributed by atoms with Crippen molar-refractivity contribution in [1.29, 1.82) is 0 Å². The highest BCUT2D eigenvalue weighted by Crippen LogP contribution is 2.43. The van der Waals surface area contributed by atoms with Gasteiger partial charge in [0, 0.05) is 17.6 Å². The van der Waals surface area contributed by atoms with E-state index in [2.05, 4.69) is 28.1 Å². The van der Waals surface area contributed by atoms with Crippen molar-refractivity contribution in [2.45, 2.75) is 51.0 Å². The van der Waals surface area contributed by atoms with Crippen molar-refractivity contribution in [2.75, 3.05) is 25.1 Å². The van der Waals surface area contributed by atoms with E-state index in [1.54, 1.807) is 12.1 Å². The van der Waals surface area contributed by atoms with Crippen LogP contribution in [0.25, 0.3) is 0 Å². The second-order valence-electron chi connectivity index (χ2n) is 9.25. The van der Waals surface area contributed by atoms with E-state index in [-0.39, 0.29) is 17.2 Å². The van der Waals surface area contributed by atoms with Crippen molar-refractivity contribution in [3.05, 3.63) is 54.1 Å². The monoisotopic (exact) mass is 451 g/mol. The number of para-hydroxylation sites is 1. The first-order valence-corrected chi connectivity index (χ1v) is 11.8. The topological polar surface area (TPSA) is 88.7 Å². The molecule has 7 nitrogen and oxygen atoms in total. The molecule has 1 aliphatic heterocycles. The molecule has 2 aromatic carbocycles. The summed E-state index contributed by atoms with van der Waals surface area (Å²) in [7, 11) is 0. The number of hydrogen-bond acceptors (Lipinski definition) is 4. The van der Waals surface area contributed by atoms with Crippen molar-refractivity contribution in [3.8, 4) is 11.5 Å². The number of nitrogens with one attached hydrogen (secondary N) is 3. The summed E-state index contributed by atoms with van der Waals surface area (Å²) < 4.78 is 11.5. The van der Waals surface area contributed by atoms with Gasteiger partial charge in [-0.3, -0.25) is 4.79 Å². The third-order valence-corrected chi connectivity index (χ3v) is 6.58. The maximum absolute atomic E-state index is 13.1. The van der Waals surface area contributed by atoms with Gasteiger partial charge in [-0.15, -0.1) is 0 Å². The second-order valence-corrected chi connectivity index (χ2v) is 9.25. The fourth-order valence-electron chi connectivity index (χ4n) is 4.72. The van der Waals surface area contributed by atoms with E-state index in [4.69, 9.17) is 9.47 Å². The zero-order chi connectivity index (χ0) is 23.3. The predicted molar refractivity (Wildman–Crippen MR) is 128 cm³/mol. The molecule has 0 bridgehead atoms. The van der Waals surface area contributed by atoms with E-state index >= 15 is 0 Å². The van der Waals surface area contributed by atoms with Crippen molar-refractivity contribution in [3.63, 3.8) is 0 Å². The SMILES string of the molecule is CC(C)C(NC(=O)Nc1ccccc1)C(=O)NCC1(c2ccc3c(c2)OCCO3)CCCC1. The zero-order valence-corrected chi connectivity index (χ0v) is 19.4. The summed E-state index contributed by atoms with van der Waals surface area (Å²) >= 11 is 0. The third-order valence-electron chi connectivity index (χ3n) is 6.58. The Morgan fingerprint density at radius 3 is 2.36 bits per heavy atom. The molecule has 1 fully saturated rings. The molecule has 1 saturated carbocycles. The average Bonchev–Trinajstić information content (AvgIpc) is 3.31. The number of anilines is 1. The molecular weight excluding hydrogens is 418 g/mol. The highest BCUT2D eigenvalue weighted by molar-refractivity contribution is 5.93. The lowest BCUT2D eigenvalue weighted by Crippen LogP contribution is -2.53. The molecule has 2 aliphatic rings. The first kappa shape index (κ1) is 23.0. The van der Waals surface area contributed by atoms with Crippen molar-refractivity contribution in [1.82, 2.24) is 10.6 Å². The van der Waals surface area contributed by atoms with E-state index in [0.29, 0.717) is 25.4 Å². The van der Waals surface area contributed by atoms with Crippen LogP contribution < -0.4 is 25.4 Å². The number of rotatable bonds is 7. The minimum Gasteiger partial charge on any atom is -0.486 e. The first-order chi connectivity index (χ1) is 16.0. The van der Waals surface area contributed by atoms with Gasteiger partial charge in [0.1, 0.15) is 19.3 Å². The van der Waals surface area contributed by atoms with Crippen LogP contribution >= 0.6 is 0 Å². The molecule has 4 rings (SSSR count). The first-order valence-electron chi connectivity index (χ1n) is 11.8. The number of carbonyl (C=O) groups excluding carboxylic acids is 2. The Morgan fingerprint density at radius 1 is 0.970 bits per heavy atom. The van der Waals surface area contributed by atoms with Gasteiger partial charge in [-0.05, 0) is 48.6 Å². The molecule has 7 heteroatoms. The minimum absolute atomic E-state index is 0.0552. The third kappa shape index (κ3) is 5.41. The Morgan fingerprint density at radius 2 is 1.67 bits per heavy atom. The molecule has 1 unspecified atom stereocenters. The molecule has 176 valence electrons. The van der Waals surface area contributed by atoms with Crippen molar-refractivity contribution in [2.24, 2.45) is 5.92 Å². The Balaban J connectivity index is 1.42. The molecule has 1 heterocycles. The molecule has 3 N–H and O–H groups in total. The van der Waals surface area contributed by atoms with Crippen LogP contribution in [0.4, 0.5) is 10.5 Å². The molecule has 0 aromatic heterocycles. The van der Waals surface area contributed by atoms with Gasteiger partial charge in [-0.2, -0.15) is 0 Å². The Labute approximate surface area is 195 Å². The van der Waals surface area contributed by atoms with Gasteiger partial charge in [-0.1, -0.05) is 51.0 Å². The number of ether oxygens (including phenoxy) is 2. The molecule has 3 amide bonds. The number of fused-ring (bicyclic) bond motifs is 1. The smallest absolute Gasteiger partial charge is 0.319 e. The second kappa shape index (κ2) is 10.1. The lowest BCUT2D eigenvalue weighted by atomic mass is 9.78. The lowest BCUT2D eigenvalue weighted by Gasteiger charge is -2.32. The van der Waals surface area contributed by atoms with E-state index in [1.807, 2.05) is 38.1 Å². The van der Waals surface area contributed by atoms with Crippen LogP contribution in [0, 0.1) is 5.92 Å². The van der Waals surface area contributed by atoms with E-state index in [0.717, 1.165) is 37.2 Å². The van der Waals surface area contributed by atoms with Crippen LogP contribution in [-0.2, 0) is 10.2 Å². The standard InChI is InChI=1S/C26H33N3O4/c1-18(2)23(29-25(31)28-20-8-4-3-5-9-20)24(30)27-17-26(12-6-7-13-26)19-10-11-21-22(16-19)33-15-14-32-21/h3-5,8-11,16,18,23H,6-7,12-15,17H2,1-2H3,(H,27,30)(H2,28,29,31). The van der Waals surface area contributed by atoms with Crippen LogP contribution in [-0.4, -0.2) is 37.7 Å². The van der Waals surface area contributed by atoms with Gasteiger partial charge >= 0.3 is 6.03 Å². The van der Waals surface area contributed by atoms with Gasteiger partial charge in [0.2, 0.25) is 5.91 Å². The van der Waals surface area contributed by atoms with Crippen LogP contribution in [0.3, 0.4) is 0 Å². The fourth-order valence-corrected chi connectivity index (χ4v) is 4.72. The van der Waals surface area contributed by atoms with Gasteiger partial charge < -0.3 is 25.4 Å². The quantitative estimate of drug-likeness (QED) is 0.588. The average molecular weight is 452 g/mol. The summed E-state index contributed by atoms with van der Waals surface area (Å²) in [6.07, 6.45) is 4.24. The largest absolute Gasteiger partial charge is 0.486 e. The van der Waals surface area contributed by atoms with Gasteiger partial charge in [0.25, 0.3) is 0 Å². The molecule has 1 aliphatic carbocycles. The number of amides is 3. The minimum atomic E-state index is -0.632. The number of urea groups is 1. The van der Waals surface area contributed by atoms with Gasteiger partial charge in [-0.25, -0.2) is 4.79 Å². The van der Waals surface area contributed by atoms with Gasteiger partial charge in [0.05, 0.1) is 0 Å². The van der Waals surface area contributed by atoms with Gasteiger partial charge in [0.15, 0.2) is 11.5 Å². The summed E-state index contributed by atoms with van der Waals surface area (Å²) in [5.41, 5.74) is 1.71. The molecule has 0 radical (unpaired) electrons.